The Morgan fingerprint density at radius 1 is 1.00 bits per heavy atom. The number of anilines is 1. The van der Waals surface area contributed by atoms with Gasteiger partial charge in [0.25, 0.3) is 5.91 Å². The number of carbonyl (C=O) groups excluding carboxylic acids is 1. The smallest absolute Gasteiger partial charge is 0.276 e. The Morgan fingerprint density at radius 2 is 1.83 bits per heavy atom. The van der Waals surface area contributed by atoms with Gasteiger partial charge in [-0.3, -0.25) is 18.8 Å². The van der Waals surface area contributed by atoms with Crippen LogP contribution in [0.4, 0.5) is 23.2 Å². The summed E-state index contributed by atoms with van der Waals surface area (Å²) < 4.78 is 58.2. The van der Waals surface area contributed by atoms with Crippen molar-refractivity contribution in [2.45, 2.75) is 13.2 Å². The highest BCUT2D eigenvalue weighted by Gasteiger charge is 2.20. The molecule has 3 heterocycles. The fraction of sp³-hybridized carbons (Fsp3) is 0.111. The molecule has 0 radical (unpaired) electrons. The van der Waals surface area contributed by atoms with Crippen LogP contribution in [0.25, 0.3) is 0 Å². The van der Waals surface area contributed by atoms with Crippen LogP contribution >= 0.6 is 0 Å². The van der Waals surface area contributed by atoms with Crippen molar-refractivity contribution < 1.29 is 22.4 Å². The van der Waals surface area contributed by atoms with Crippen molar-refractivity contribution in [2.24, 2.45) is 0 Å². The van der Waals surface area contributed by atoms with Gasteiger partial charge in [-0.1, -0.05) is 0 Å². The maximum absolute atomic E-state index is 13.8. The summed E-state index contributed by atoms with van der Waals surface area (Å²) in [7, 11) is 0. The second-order valence-electron chi connectivity index (χ2n) is 6.25. The summed E-state index contributed by atoms with van der Waals surface area (Å²) in [6.45, 7) is -0.174. The molecule has 0 saturated heterocycles. The first kappa shape index (κ1) is 19.4. The minimum absolute atomic E-state index is 0.132. The number of amides is 1. The van der Waals surface area contributed by atoms with Gasteiger partial charge in [0.2, 0.25) is 0 Å². The zero-order chi connectivity index (χ0) is 21.3. The van der Waals surface area contributed by atoms with E-state index in [1.54, 1.807) is 29.3 Å². The molecule has 0 aliphatic heterocycles. The van der Waals surface area contributed by atoms with E-state index >= 15 is 0 Å². The van der Waals surface area contributed by atoms with Gasteiger partial charge in [-0.15, -0.1) is 0 Å². The molecule has 0 aliphatic carbocycles. The Bertz CT molecular complexity index is 1200. The van der Waals surface area contributed by atoms with Gasteiger partial charge in [0.05, 0.1) is 18.4 Å². The molecule has 0 saturated carbocycles. The normalized spacial score (nSPS) is 11.1. The van der Waals surface area contributed by atoms with Crippen molar-refractivity contribution in [3.63, 3.8) is 0 Å². The van der Waals surface area contributed by atoms with E-state index in [0.29, 0.717) is 6.67 Å². The van der Waals surface area contributed by atoms with Crippen LogP contribution in [0, 0.1) is 23.3 Å². The number of nitrogens with one attached hydrogen (secondary N) is 1. The van der Waals surface area contributed by atoms with E-state index in [1.165, 1.54) is 23.1 Å². The van der Waals surface area contributed by atoms with Gasteiger partial charge < -0.3 is 5.32 Å². The summed E-state index contributed by atoms with van der Waals surface area (Å²) in [6.07, 6.45) is 7.50. The molecule has 0 atom stereocenters. The molecule has 30 heavy (non-hydrogen) atoms. The molecular formula is C18H13F4N7O. The summed E-state index contributed by atoms with van der Waals surface area (Å²) in [5.74, 6) is -6.78. The Labute approximate surface area is 166 Å². The Kier molecular flexibility index (Phi) is 5.04. The molecule has 0 bridgehead atoms. The van der Waals surface area contributed by atoms with Gasteiger partial charge in [0, 0.05) is 36.4 Å². The monoisotopic (exact) mass is 419 g/mol. The number of rotatable bonds is 6. The number of nitrogens with zero attached hydrogens (tertiary/aromatic N) is 6. The molecule has 1 aromatic carbocycles. The second kappa shape index (κ2) is 7.81. The van der Waals surface area contributed by atoms with E-state index in [-0.39, 0.29) is 17.4 Å². The summed E-state index contributed by atoms with van der Waals surface area (Å²) in [4.78, 5) is 12.3. The summed E-state index contributed by atoms with van der Waals surface area (Å²) in [6, 6.07) is 3.53. The zero-order valence-corrected chi connectivity index (χ0v) is 15.1. The van der Waals surface area contributed by atoms with Gasteiger partial charge in [0.15, 0.2) is 23.1 Å². The SMILES string of the molecule is O=C(Nc1cnn(Cc2c(F)cc(F)c(F)c2F)c1)c1ccn(Cn2cccn2)n1. The molecule has 3 aromatic heterocycles. The van der Waals surface area contributed by atoms with Crippen molar-refractivity contribution in [3.8, 4) is 0 Å². The number of carbonyl (C=O) groups is 1. The van der Waals surface area contributed by atoms with Crippen LogP contribution in [0.2, 0.25) is 0 Å². The third-order valence-electron chi connectivity index (χ3n) is 4.14. The predicted molar refractivity (Wildman–Crippen MR) is 95.4 cm³/mol. The molecule has 0 aliphatic rings. The highest BCUT2D eigenvalue weighted by Crippen LogP contribution is 2.20. The molecule has 8 nitrogen and oxygen atoms in total. The minimum Gasteiger partial charge on any atom is -0.318 e. The molecule has 4 rings (SSSR count). The standard InChI is InChI=1S/C18H13F4N7O/c19-13-6-14(20)17(22)16(21)12(13)9-29-8-11(7-24-29)25-18(30)15-2-5-28(26-15)10-27-4-1-3-23-27/h1-8H,9-10H2,(H,25,30). The number of hydrogen-bond acceptors (Lipinski definition) is 4. The number of hydrogen-bond donors (Lipinski definition) is 1. The first-order valence-electron chi connectivity index (χ1n) is 8.57. The average molecular weight is 419 g/mol. The Balaban J connectivity index is 1.43. The van der Waals surface area contributed by atoms with Gasteiger partial charge in [-0.05, 0) is 12.1 Å². The van der Waals surface area contributed by atoms with Gasteiger partial charge in [-0.2, -0.15) is 15.3 Å². The quantitative estimate of drug-likeness (QED) is 0.296. The van der Waals surface area contributed by atoms with Gasteiger partial charge in [0.1, 0.15) is 12.5 Å². The molecule has 12 heteroatoms. The fourth-order valence-corrected chi connectivity index (χ4v) is 2.71. The maximum Gasteiger partial charge on any atom is 0.276 e. The van der Waals surface area contributed by atoms with Crippen LogP contribution in [0.3, 0.4) is 0 Å². The van der Waals surface area contributed by atoms with E-state index < -0.39 is 41.3 Å². The lowest BCUT2D eigenvalue weighted by Gasteiger charge is -2.06. The van der Waals surface area contributed by atoms with Crippen molar-refractivity contribution in [1.82, 2.24) is 29.3 Å². The van der Waals surface area contributed by atoms with Crippen LogP contribution in [-0.2, 0) is 13.2 Å². The van der Waals surface area contributed by atoms with Crippen molar-refractivity contribution in [2.75, 3.05) is 5.32 Å². The average Bonchev–Trinajstić information content (AvgIpc) is 3.46. The summed E-state index contributed by atoms with van der Waals surface area (Å²) in [5, 5.41) is 14.6. The van der Waals surface area contributed by atoms with Crippen LogP contribution in [-0.4, -0.2) is 35.2 Å². The predicted octanol–water partition coefficient (Wildman–Crippen LogP) is 2.64. The first-order valence-corrected chi connectivity index (χ1v) is 8.57. The molecule has 0 unspecified atom stereocenters. The number of aromatic nitrogens is 6. The first-order chi connectivity index (χ1) is 14.4. The molecule has 4 aromatic rings. The molecule has 0 spiro atoms. The Hall–Kier alpha value is -3.96. The van der Waals surface area contributed by atoms with Crippen LogP contribution in [0.5, 0.6) is 0 Å². The number of halogens is 4. The van der Waals surface area contributed by atoms with E-state index in [4.69, 9.17) is 0 Å². The van der Waals surface area contributed by atoms with Crippen molar-refractivity contribution >= 4 is 11.6 Å². The number of benzene rings is 1. The van der Waals surface area contributed by atoms with Gasteiger partial charge in [-0.25, -0.2) is 17.6 Å². The second-order valence-corrected chi connectivity index (χ2v) is 6.25. The zero-order valence-electron chi connectivity index (χ0n) is 15.1. The van der Waals surface area contributed by atoms with Crippen LogP contribution in [0.1, 0.15) is 16.1 Å². The fourth-order valence-electron chi connectivity index (χ4n) is 2.71. The summed E-state index contributed by atoms with van der Waals surface area (Å²) in [5.41, 5.74) is -0.329. The van der Waals surface area contributed by atoms with E-state index in [0.717, 1.165) is 4.68 Å². The minimum atomic E-state index is -1.77. The highest BCUT2D eigenvalue weighted by molar-refractivity contribution is 6.02. The molecule has 1 N–H and O–H groups in total. The van der Waals surface area contributed by atoms with E-state index in [1.807, 2.05) is 0 Å². The van der Waals surface area contributed by atoms with Crippen LogP contribution in [0.15, 0.2) is 49.2 Å². The lowest BCUT2D eigenvalue weighted by Crippen LogP contribution is -2.14. The van der Waals surface area contributed by atoms with Crippen molar-refractivity contribution in [1.29, 1.82) is 0 Å². The Morgan fingerprint density at radius 3 is 2.60 bits per heavy atom. The van der Waals surface area contributed by atoms with Crippen molar-refractivity contribution in [3.05, 3.63) is 83.7 Å². The maximum atomic E-state index is 13.8. The van der Waals surface area contributed by atoms with Crippen LogP contribution < -0.4 is 5.32 Å². The van der Waals surface area contributed by atoms with Gasteiger partial charge >= 0.3 is 0 Å². The molecule has 0 fully saturated rings. The van der Waals surface area contributed by atoms with E-state index in [9.17, 15) is 22.4 Å². The third-order valence-corrected chi connectivity index (χ3v) is 4.14. The highest BCUT2D eigenvalue weighted by atomic mass is 19.2. The van der Waals surface area contributed by atoms with E-state index in [2.05, 4.69) is 20.6 Å². The molecule has 1 amide bonds. The molecule has 154 valence electrons. The lowest BCUT2D eigenvalue weighted by atomic mass is 10.2. The third kappa shape index (κ3) is 3.92. The summed E-state index contributed by atoms with van der Waals surface area (Å²) >= 11 is 0. The largest absolute Gasteiger partial charge is 0.318 e. The molecular weight excluding hydrogens is 406 g/mol. The topological polar surface area (TPSA) is 82.6 Å². The lowest BCUT2D eigenvalue weighted by molar-refractivity contribution is 0.102.